The van der Waals surface area contributed by atoms with E-state index in [1.807, 2.05) is 45.8 Å². The number of hydrogen-bond acceptors (Lipinski definition) is 6. The molecule has 0 aliphatic carbocycles. The maximum absolute atomic E-state index is 5.47. The van der Waals surface area contributed by atoms with Gasteiger partial charge in [-0.1, -0.05) is 72.8 Å². The summed E-state index contributed by atoms with van der Waals surface area (Å²) in [5.74, 6) is 0.205. The SMILES string of the molecule is c1ccc2c(c1)SC1c3cc4nc(cc5[nH]c(cc6nc(cc([nH]3)C21)-c1sc2ccccc2c1-6)c1sc2ccccc2c51)-c1sc2ccccc2c1-4. The van der Waals surface area contributed by atoms with Crippen molar-refractivity contribution in [2.45, 2.75) is 16.1 Å². The molecule has 9 aromatic rings. The largest absolute Gasteiger partial charge is 0.361 e. The van der Waals surface area contributed by atoms with Gasteiger partial charge in [-0.15, -0.1) is 45.8 Å². The number of aromatic nitrogens is 4. The Morgan fingerprint density at radius 1 is 0.500 bits per heavy atom. The smallest absolute Gasteiger partial charge is 0.0837 e. The molecule has 0 radical (unpaired) electrons. The van der Waals surface area contributed by atoms with E-state index < -0.39 is 0 Å². The number of nitrogens with zero attached hydrogens (tertiary/aromatic N) is 2. The Morgan fingerprint density at radius 2 is 1.08 bits per heavy atom. The average Bonchev–Trinajstić information content (AvgIpc) is 4.02. The number of H-pyrrole nitrogens is 2. The van der Waals surface area contributed by atoms with Crippen molar-refractivity contribution in [1.82, 2.24) is 19.9 Å². The number of benzene rings is 4. The van der Waals surface area contributed by atoms with Gasteiger partial charge in [-0.3, -0.25) is 0 Å². The molecule has 2 atom stereocenters. The summed E-state index contributed by atoms with van der Waals surface area (Å²) in [6.07, 6.45) is 0. The van der Waals surface area contributed by atoms with Crippen molar-refractivity contribution in [2.24, 2.45) is 0 Å². The van der Waals surface area contributed by atoms with E-state index in [1.54, 1.807) is 0 Å². The second-order valence-corrected chi connectivity index (χ2v) is 18.1. The maximum atomic E-state index is 5.47. The summed E-state index contributed by atoms with van der Waals surface area (Å²) in [7, 11) is 0. The predicted octanol–water partition coefficient (Wildman–Crippen LogP) is 13.5. The van der Waals surface area contributed by atoms with Crippen molar-refractivity contribution in [3.63, 3.8) is 0 Å². The highest BCUT2D eigenvalue weighted by Gasteiger charge is 2.41. The molecule has 8 heteroatoms. The van der Waals surface area contributed by atoms with Crippen molar-refractivity contribution < 1.29 is 0 Å². The van der Waals surface area contributed by atoms with Crippen LogP contribution in [-0.4, -0.2) is 19.9 Å². The fraction of sp³-hybridized carbons (Fsp3) is 0.0455. The molecule has 8 bridgehead atoms. The molecule has 52 heavy (non-hydrogen) atoms. The van der Waals surface area contributed by atoms with Gasteiger partial charge in [0.1, 0.15) is 0 Å². The highest BCUT2D eigenvalue weighted by atomic mass is 32.2. The summed E-state index contributed by atoms with van der Waals surface area (Å²) in [6, 6.07) is 44.5. The molecule has 0 saturated carbocycles. The normalized spacial score (nSPS) is 16.4. The molecule has 9 heterocycles. The van der Waals surface area contributed by atoms with E-state index in [0.717, 1.165) is 33.8 Å². The van der Waals surface area contributed by atoms with Gasteiger partial charge in [-0.25, -0.2) is 9.97 Å². The van der Waals surface area contributed by atoms with Crippen molar-refractivity contribution in [3.05, 3.63) is 138 Å². The quantitative estimate of drug-likeness (QED) is 0.163. The van der Waals surface area contributed by atoms with Crippen molar-refractivity contribution >= 4 is 97.2 Å². The van der Waals surface area contributed by atoms with Gasteiger partial charge in [0.15, 0.2) is 0 Å². The van der Waals surface area contributed by atoms with E-state index in [4.69, 9.17) is 9.97 Å². The van der Waals surface area contributed by atoms with Crippen LogP contribution in [0.4, 0.5) is 0 Å². The summed E-state index contributed by atoms with van der Waals surface area (Å²) < 4.78 is 5.11. The second-order valence-electron chi connectivity index (χ2n) is 13.8. The van der Waals surface area contributed by atoms with Gasteiger partial charge in [0.05, 0.1) is 53.5 Å². The zero-order valence-corrected chi connectivity index (χ0v) is 30.5. The number of nitrogens with one attached hydrogen (secondary N) is 2. The van der Waals surface area contributed by atoms with Crippen LogP contribution in [0.1, 0.15) is 28.1 Å². The molecule has 244 valence electrons. The number of hydrogen-bond donors (Lipinski definition) is 2. The van der Waals surface area contributed by atoms with Gasteiger partial charge >= 0.3 is 0 Å². The molecule has 13 rings (SSSR count). The Bertz CT molecular complexity index is 3260. The average molecular weight is 737 g/mol. The van der Waals surface area contributed by atoms with Gasteiger partial charge in [0.2, 0.25) is 0 Å². The van der Waals surface area contributed by atoms with Gasteiger partial charge in [-0.2, -0.15) is 0 Å². The minimum absolute atomic E-state index is 0.205. The zero-order chi connectivity index (χ0) is 33.7. The fourth-order valence-corrected chi connectivity index (χ4v) is 13.7. The summed E-state index contributed by atoms with van der Waals surface area (Å²) in [5.41, 5.74) is 12.5. The lowest BCUT2D eigenvalue weighted by Gasteiger charge is -2.10. The molecule has 4 aromatic carbocycles. The standard InChI is InChI=1S/C44H24N4S4/c1-5-13-33-21(9-1)37-25-17-30-42-39(23-11-3-6-14-34(23)50-42)27(46-30)19-32-44-40(24-12-4-8-16-36(24)52-44)28(48-32)20-31-43-38(22-10-2-7-15-35(22)51-43)26(47-31)18-29(45-25)41(37)49-33/h1-20,37,41,45,48H. The molecule has 5 aromatic heterocycles. The van der Waals surface area contributed by atoms with Crippen LogP contribution in [0, 0.1) is 0 Å². The Labute approximate surface area is 313 Å². The lowest BCUT2D eigenvalue weighted by Crippen LogP contribution is -1.98. The highest BCUT2D eigenvalue weighted by molar-refractivity contribution is 8.00. The third-order valence-electron chi connectivity index (χ3n) is 10.9. The molecular weight excluding hydrogens is 713 g/mol. The van der Waals surface area contributed by atoms with Crippen LogP contribution in [0.3, 0.4) is 0 Å². The molecule has 4 aliphatic heterocycles. The Kier molecular flexibility index (Phi) is 5.56. The minimum atomic E-state index is 0.205. The van der Waals surface area contributed by atoms with Gasteiger partial charge in [-0.05, 0) is 54.1 Å². The summed E-state index contributed by atoms with van der Waals surface area (Å²) in [5, 5.41) is 5.26. The summed E-state index contributed by atoms with van der Waals surface area (Å²) >= 11 is 7.50. The van der Waals surface area contributed by atoms with E-state index in [-0.39, 0.29) is 11.2 Å². The highest BCUT2D eigenvalue weighted by Crippen LogP contribution is 2.60. The first-order valence-electron chi connectivity index (χ1n) is 17.4. The first-order chi connectivity index (χ1) is 25.7. The number of aromatic amines is 2. The molecule has 4 nitrogen and oxygen atoms in total. The van der Waals surface area contributed by atoms with Gasteiger partial charge in [0.25, 0.3) is 0 Å². The third-order valence-corrected chi connectivity index (χ3v) is 15.9. The summed E-state index contributed by atoms with van der Waals surface area (Å²) in [4.78, 5) is 22.6. The van der Waals surface area contributed by atoms with E-state index in [0.29, 0.717) is 0 Å². The molecule has 2 unspecified atom stereocenters. The maximum Gasteiger partial charge on any atom is 0.0837 e. The van der Waals surface area contributed by atoms with Crippen LogP contribution in [-0.2, 0) is 0 Å². The van der Waals surface area contributed by atoms with Crippen molar-refractivity contribution in [1.29, 1.82) is 0 Å². The van der Waals surface area contributed by atoms with Gasteiger partial charge < -0.3 is 9.97 Å². The molecule has 0 spiro atoms. The van der Waals surface area contributed by atoms with Crippen LogP contribution >= 0.6 is 45.8 Å². The van der Waals surface area contributed by atoms with Crippen molar-refractivity contribution in [3.8, 4) is 43.7 Å². The fourth-order valence-electron chi connectivity index (χ4n) is 8.73. The minimum Gasteiger partial charge on any atom is -0.361 e. The van der Waals surface area contributed by atoms with Crippen molar-refractivity contribution in [2.75, 3.05) is 0 Å². The topological polar surface area (TPSA) is 57.4 Å². The van der Waals surface area contributed by atoms with E-state index >= 15 is 0 Å². The van der Waals surface area contributed by atoms with E-state index in [1.165, 1.54) is 83.1 Å². The Balaban J connectivity index is 1.22. The molecule has 0 saturated heterocycles. The van der Waals surface area contributed by atoms with E-state index in [9.17, 15) is 0 Å². The zero-order valence-electron chi connectivity index (χ0n) is 27.2. The second kappa shape index (κ2) is 10.2. The molecule has 4 aliphatic rings. The Hall–Kier alpha value is -5.25. The van der Waals surface area contributed by atoms with Crippen LogP contribution < -0.4 is 0 Å². The number of rotatable bonds is 0. The number of thiophene rings is 3. The molecular formula is C44H24N4S4. The first kappa shape index (κ1) is 28.3. The van der Waals surface area contributed by atoms with Crippen LogP contribution in [0.5, 0.6) is 0 Å². The number of fused-ring (bicyclic) bond motifs is 28. The number of thioether (sulfide) groups is 1. The first-order valence-corrected chi connectivity index (χ1v) is 20.7. The lowest BCUT2D eigenvalue weighted by atomic mass is 9.93. The summed E-state index contributed by atoms with van der Waals surface area (Å²) in [6.45, 7) is 0. The lowest BCUT2D eigenvalue weighted by molar-refractivity contribution is 0.837. The van der Waals surface area contributed by atoms with Crippen LogP contribution in [0.25, 0.3) is 95.0 Å². The Morgan fingerprint density at radius 3 is 1.83 bits per heavy atom. The van der Waals surface area contributed by atoms with Crippen LogP contribution in [0.2, 0.25) is 0 Å². The van der Waals surface area contributed by atoms with Gasteiger partial charge in [0, 0.05) is 69.0 Å². The molecule has 2 N–H and O–H groups in total. The van der Waals surface area contributed by atoms with E-state index in [2.05, 4.69) is 131 Å². The predicted molar refractivity (Wildman–Crippen MR) is 222 cm³/mol. The molecule has 0 fully saturated rings. The third kappa shape index (κ3) is 3.77. The van der Waals surface area contributed by atoms with Crippen LogP contribution in [0.15, 0.2) is 126 Å². The monoisotopic (exact) mass is 736 g/mol. The molecule has 0 amide bonds.